The van der Waals surface area contributed by atoms with Crippen LogP contribution in [0.15, 0.2) is 18.6 Å². The molecule has 3 heterocycles. The summed E-state index contributed by atoms with van der Waals surface area (Å²) in [5, 5.41) is 7.36. The fraction of sp³-hybridized carbons (Fsp3) is 0.562. The molecule has 0 unspecified atom stereocenters. The van der Waals surface area contributed by atoms with Crippen LogP contribution in [0.2, 0.25) is 0 Å². The molecule has 122 valence electrons. The molecule has 1 N–H and O–H groups in total. The summed E-state index contributed by atoms with van der Waals surface area (Å²) in [4.78, 5) is 17.0. The third kappa shape index (κ3) is 2.31. The maximum absolute atomic E-state index is 12.7. The van der Waals surface area contributed by atoms with Crippen molar-refractivity contribution in [2.45, 2.75) is 25.5 Å². The Morgan fingerprint density at radius 1 is 1.52 bits per heavy atom. The maximum Gasteiger partial charge on any atom is 0.257 e. The van der Waals surface area contributed by atoms with E-state index in [0.717, 1.165) is 18.6 Å². The van der Waals surface area contributed by atoms with E-state index in [0.29, 0.717) is 23.7 Å². The average Bonchev–Trinajstić information content (AvgIpc) is 3.14. The van der Waals surface area contributed by atoms with Gasteiger partial charge in [0.25, 0.3) is 5.91 Å². The van der Waals surface area contributed by atoms with Crippen molar-refractivity contribution in [1.29, 1.82) is 0 Å². The van der Waals surface area contributed by atoms with E-state index in [1.807, 2.05) is 13.1 Å². The second-order valence-electron chi connectivity index (χ2n) is 6.36. The fourth-order valence-corrected chi connectivity index (χ4v) is 3.79. The summed E-state index contributed by atoms with van der Waals surface area (Å²) in [6.45, 7) is 3.30. The third-order valence-corrected chi connectivity index (χ3v) is 4.92. The van der Waals surface area contributed by atoms with Crippen molar-refractivity contribution < 1.29 is 14.3 Å². The van der Waals surface area contributed by atoms with Gasteiger partial charge >= 0.3 is 0 Å². The van der Waals surface area contributed by atoms with Crippen molar-refractivity contribution in [3.05, 3.63) is 29.7 Å². The van der Waals surface area contributed by atoms with Gasteiger partial charge in [-0.2, -0.15) is 5.10 Å². The Labute approximate surface area is 134 Å². The SMILES string of the molecule is COC[C@@H]1[C@H](NC(=O)c2cnn3cc(C)cnc23)[C@@H]2CCO[C@H]12. The second-order valence-corrected chi connectivity index (χ2v) is 6.36. The van der Waals surface area contributed by atoms with Crippen molar-refractivity contribution >= 4 is 11.6 Å². The Kier molecular flexibility index (Phi) is 3.54. The molecular weight excluding hydrogens is 296 g/mol. The number of fused-ring (bicyclic) bond motifs is 2. The summed E-state index contributed by atoms with van der Waals surface area (Å²) < 4.78 is 12.7. The number of hydrogen-bond acceptors (Lipinski definition) is 5. The van der Waals surface area contributed by atoms with Gasteiger partial charge in [0.05, 0.1) is 18.9 Å². The topological polar surface area (TPSA) is 77.8 Å². The highest BCUT2D eigenvalue weighted by Gasteiger charge is 2.54. The van der Waals surface area contributed by atoms with Crippen LogP contribution in [0.25, 0.3) is 5.65 Å². The van der Waals surface area contributed by atoms with E-state index in [9.17, 15) is 4.79 Å². The molecule has 1 saturated heterocycles. The average molecular weight is 316 g/mol. The lowest BCUT2D eigenvalue weighted by molar-refractivity contribution is -0.0809. The molecule has 0 radical (unpaired) electrons. The highest BCUT2D eigenvalue weighted by atomic mass is 16.5. The molecule has 1 aliphatic heterocycles. The first kappa shape index (κ1) is 14.6. The summed E-state index contributed by atoms with van der Waals surface area (Å²) in [6.07, 6.45) is 6.37. The molecule has 7 heteroatoms. The van der Waals surface area contributed by atoms with Gasteiger partial charge in [0.2, 0.25) is 0 Å². The molecule has 2 aliphatic rings. The number of aromatic nitrogens is 3. The Balaban J connectivity index is 1.54. The van der Waals surface area contributed by atoms with Crippen LogP contribution in [-0.2, 0) is 9.47 Å². The van der Waals surface area contributed by atoms with Crippen LogP contribution < -0.4 is 5.32 Å². The first-order valence-corrected chi connectivity index (χ1v) is 7.90. The van der Waals surface area contributed by atoms with Crippen LogP contribution >= 0.6 is 0 Å². The molecule has 7 nitrogen and oxygen atoms in total. The quantitative estimate of drug-likeness (QED) is 0.903. The molecule has 0 spiro atoms. The number of hydrogen-bond donors (Lipinski definition) is 1. The first-order valence-electron chi connectivity index (χ1n) is 7.90. The van der Waals surface area contributed by atoms with Gasteiger partial charge in [-0.1, -0.05) is 0 Å². The number of carbonyl (C=O) groups excluding carboxylic acids is 1. The second kappa shape index (κ2) is 5.58. The zero-order valence-electron chi connectivity index (χ0n) is 13.2. The van der Waals surface area contributed by atoms with Gasteiger partial charge in [-0.25, -0.2) is 9.50 Å². The largest absolute Gasteiger partial charge is 0.384 e. The van der Waals surface area contributed by atoms with Crippen LogP contribution in [0.3, 0.4) is 0 Å². The number of methoxy groups -OCH3 is 1. The first-order chi connectivity index (χ1) is 11.2. The zero-order chi connectivity index (χ0) is 16.0. The smallest absolute Gasteiger partial charge is 0.257 e. The van der Waals surface area contributed by atoms with Crippen molar-refractivity contribution in [3.63, 3.8) is 0 Å². The van der Waals surface area contributed by atoms with Crippen LogP contribution in [0.4, 0.5) is 0 Å². The molecule has 4 rings (SSSR count). The van der Waals surface area contributed by atoms with Gasteiger partial charge in [-0.15, -0.1) is 0 Å². The van der Waals surface area contributed by atoms with Crippen LogP contribution in [-0.4, -0.2) is 53.0 Å². The lowest BCUT2D eigenvalue weighted by atomic mass is 9.67. The fourth-order valence-electron chi connectivity index (χ4n) is 3.79. The summed E-state index contributed by atoms with van der Waals surface area (Å²) in [6, 6.07) is 0.0929. The Hall–Kier alpha value is -1.99. The molecule has 2 aromatic rings. The van der Waals surface area contributed by atoms with Gasteiger partial charge in [0, 0.05) is 44.0 Å². The van der Waals surface area contributed by atoms with Crippen molar-refractivity contribution in [3.8, 4) is 0 Å². The van der Waals surface area contributed by atoms with E-state index < -0.39 is 0 Å². The highest BCUT2D eigenvalue weighted by molar-refractivity contribution is 5.99. The summed E-state index contributed by atoms with van der Waals surface area (Å²) >= 11 is 0. The van der Waals surface area contributed by atoms with Crippen molar-refractivity contribution in [2.75, 3.05) is 20.3 Å². The molecule has 1 saturated carbocycles. The molecule has 23 heavy (non-hydrogen) atoms. The normalized spacial score (nSPS) is 29.3. The summed E-state index contributed by atoms with van der Waals surface area (Å²) in [5.74, 6) is 0.470. The number of nitrogens with zero attached hydrogens (tertiary/aromatic N) is 3. The standard InChI is InChI=1S/C16H20N4O3/c1-9-5-17-15-11(6-18-20(15)7-9)16(21)19-13-10-3-4-23-14(10)12(13)8-22-2/h5-7,10,12-14H,3-4,8H2,1-2H3,(H,19,21)/t10-,12+,13+,14-/m0/s1. The summed E-state index contributed by atoms with van der Waals surface area (Å²) in [7, 11) is 1.68. The van der Waals surface area contributed by atoms with Gasteiger partial charge in [-0.3, -0.25) is 4.79 Å². The third-order valence-electron chi connectivity index (χ3n) is 4.92. The minimum Gasteiger partial charge on any atom is -0.384 e. The Morgan fingerprint density at radius 3 is 3.22 bits per heavy atom. The number of rotatable bonds is 4. The van der Waals surface area contributed by atoms with E-state index >= 15 is 0 Å². The number of ether oxygens (including phenoxy) is 2. The minimum atomic E-state index is -0.132. The van der Waals surface area contributed by atoms with E-state index in [1.54, 1.807) is 24.0 Å². The van der Waals surface area contributed by atoms with E-state index in [4.69, 9.17) is 9.47 Å². The van der Waals surface area contributed by atoms with Gasteiger partial charge in [0.1, 0.15) is 5.56 Å². The van der Waals surface area contributed by atoms with E-state index in [-0.39, 0.29) is 24.0 Å². The molecule has 1 aliphatic carbocycles. The van der Waals surface area contributed by atoms with E-state index in [2.05, 4.69) is 15.4 Å². The highest BCUT2D eigenvalue weighted by Crippen LogP contribution is 2.43. The molecular formula is C16H20N4O3. The zero-order valence-corrected chi connectivity index (χ0v) is 13.2. The van der Waals surface area contributed by atoms with Crippen LogP contribution in [0.5, 0.6) is 0 Å². The predicted molar refractivity (Wildman–Crippen MR) is 82.2 cm³/mol. The number of aryl methyl sites for hydroxylation is 1. The minimum absolute atomic E-state index is 0.0929. The maximum atomic E-state index is 12.7. The van der Waals surface area contributed by atoms with Gasteiger partial charge in [0.15, 0.2) is 5.65 Å². The number of amides is 1. The molecule has 2 fully saturated rings. The Morgan fingerprint density at radius 2 is 2.39 bits per heavy atom. The molecule has 1 amide bonds. The van der Waals surface area contributed by atoms with Gasteiger partial charge in [-0.05, 0) is 18.9 Å². The van der Waals surface area contributed by atoms with Gasteiger partial charge < -0.3 is 14.8 Å². The molecule has 0 bridgehead atoms. The van der Waals surface area contributed by atoms with Crippen LogP contribution in [0.1, 0.15) is 22.3 Å². The number of nitrogens with one attached hydrogen (secondary N) is 1. The lowest BCUT2D eigenvalue weighted by Crippen LogP contribution is -2.62. The monoisotopic (exact) mass is 316 g/mol. The van der Waals surface area contributed by atoms with Crippen molar-refractivity contribution in [2.24, 2.45) is 11.8 Å². The summed E-state index contributed by atoms with van der Waals surface area (Å²) in [5.41, 5.74) is 2.08. The van der Waals surface area contributed by atoms with Crippen LogP contribution in [0, 0.1) is 18.8 Å². The molecule has 2 aromatic heterocycles. The molecule has 0 aromatic carbocycles. The van der Waals surface area contributed by atoms with E-state index in [1.165, 1.54) is 0 Å². The number of carbonyl (C=O) groups is 1. The molecule has 4 atom stereocenters. The Bertz CT molecular complexity index is 744. The van der Waals surface area contributed by atoms with Crippen molar-refractivity contribution in [1.82, 2.24) is 19.9 Å². The predicted octanol–water partition coefficient (Wildman–Crippen LogP) is 0.817. The lowest BCUT2D eigenvalue weighted by Gasteiger charge is -2.47.